The van der Waals surface area contributed by atoms with E-state index in [9.17, 15) is 4.57 Å². The van der Waals surface area contributed by atoms with E-state index < -0.39 is 7.60 Å². The van der Waals surface area contributed by atoms with Crippen LogP contribution in [0.5, 0.6) is 0 Å². The summed E-state index contributed by atoms with van der Waals surface area (Å²) in [7, 11) is -3.76. The molecule has 0 saturated carbocycles. The molecule has 0 atom stereocenters. The van der Waals surface area contributed by atoms with Gasteiger partial charge in [0.25, 0.3) is 0 Å². The van der Waals surface area contributed by atoms with Gasteiger partial charge in [-0.05, 0) is 18.3 Å². The van der Waals surface area contributed by atoms with E-state index in [4.69, 9.17) is 9.79 Å². The Hall–Kier alpha value is 0.150. The first kappa shape index (κ1) is 27.1. The van der Waals surface area contributed by atoms with Crippen molar-refractivity contribution in [2.24, 2.45) is 5.41 Å². The molecule has 0 radical (unpaired) electrons. The fourth-order valence-electron chi connectivity index (χ4n) is 3.62. The van der Waals surface area contributed by atoms with E-state index in [0.717, 1.165) is 12.8 Å². The van der Waals surface area contributed by atoms with Crippen molar-refractivity contribution in [3.63, 3.8) is 0 Å². The summed E-state index contributed by atoms with van der Waals surface area (Å²) in [6.07, 6.45) is 23.5. The van der Waals surface area contributed by atoms with Crippen LogP contribution in [-0.4, -0.2) is 15.9 Å². The lowest BCUT2D eigenvalue weighted by atomic mass is 9.89. The van der Waals surface area contributed by atoms with Crippen molar-refractivity contribution in [3.05, 3.63) is 0 Å². The van der Waals surface area contributed by atoms with Gasteiger partial charge in [-0.2, -0.15) is 0 Å². The molecule has 0 aromatic rings. The summed E-state index contributed by atoms with van der Waals surface area (Å²) >= 11 is 0. The smallest absolute Gasteiger partial charge is 0.324 e. The molecule has 0 rings (SSSR count). The number of hydrogen-bond acceptors (Lipinski definition) is 1. The zero-order valence-electron chi connectivity index (χ0n) is 18.7. The third-order valence-corrected chi connectivity index (χ3v) is 6.27. The molecule has 0 heterocycles. The first-order valence-corrected chi connectivity index (χ1v) is 13.5. The van der Waals surface area contributed by atoms with Crippen molar-refractivity contribution in [3.8, 4) is 0 Å². The minimum atomic E-state index is -3.76. The van der Waals surface area contributed by atoms with Crippen LogP contribution in [0.25, 0.3) is 0 Å². The molecule has 27 heavy (non-hydrogen) atoms. The molecule has 0 aromatic carbocycles. The maximum absolute atomic E-state index is 10.7. The lowest BCUT2D eigenvalue weighted by Gasteiger charge is -2.17. The Labute approximate surface area is 170 Å². The molecule has 0 aliphatic carbocycles. The van der Waals surface area contributed by atoms with Crippen LogP contribution < -0.4 is 0 Å². The second-order valence-corrected chi connectivity index (χ2v) is 11.5. The molecule has 0 fully saturated rings. The molecule has 0 aliphatic rings. The Morgan fingerprint density at radius 2 is 0.778 bits per heavy atom. The van der Waals surface area contributed by atoms with Gasteiger partial charge < -0.3 is 9.79 Å². The number of hydrogen-bond donors (Lipinski definition) is 2. The summed E-state index contributed by atoms with van der Waals surface area (Å²) in [5.74, 6) is 0. The van der Waals surface area contributed by atoms with E-state index in [1.165, 1.54) is 96.3 Å². The minimum absolute atomic E-state index is 0.0597. The van der Waals surface area contributed by atoms with Crippen LogP contribution in [0.2, 0.25) is 0 Å². The summed E-state index contributed by atoms with van der Waals surface area (Å²) in [5, 5.41) is 0. The van der Waals surface area contributed by atoms with Crippen LogP contribution in [0.1, 0.15) is 136 Å². The molecule has 3 nitrogen and oxygen atoms in total. The lowest BCUT2D eigenvalue weighted by Crippen LogP contribution is -2.03. The van der Waals surface area contributed by atoms with Crippen molar-refractivity contribution in [2.45, 2.75) is 136 Å². The summed E-state index contributed by atoms with van der Waals surface area (Å²) < 4.78 is 10.7. The highest BCUT2D eigenvalue weighted by atomic mass is 31.2. The van der Waals surface area contributed by atoms with Crippen molar-refractivity contribution in [1.29, 1.82) is 0 Å². The predicted octanol–water partition coefficient (Wildman–Crippen LogP) is 8.23. The van der Waals surface area contributed by atoms with Gasteiger partial charge in [-0.25, -0.2) is 0 Å². The topological polar surface area (TPSA) is 57.5 Å². The van der Waals surface area contributed by atoms with Gasteiger partial charge in [0.2, 0.25) is 0 Å². The van der Waals surface area contributed by atoms with Gasteiger partial charge in [-0.3, -0.25) is 4.57 Å². The average molecular weight is 405 g/mol. The summed E-state index contributed by atoms with van der Waals surface area (Å²) in [6.45, 7) is 7.02. The Kier molecular flexibility index (Phi) is 17.1. The fourth-order valence-corrected chi connectivity index (χ4v) is 4.26. The van der Waals surface area contributed by atoms with E-state index in [0.29, 0.717) is 11.8 Å². The van der Waals surface area contributed by atoms with Gasteiger partial charge in [-0.15, -0.1) is 0 Å². The van der Waals surface area contributed by atoms with E-state index in [2.05, 4.69) is 20.8 Å². The Morgan fingerprint density at radius 1 is 0.519 bits per heavy atom. The quantitative estimate of drug-likeness (QED) is 0.168. The zero-order chi connectivity index (χ0) is 20.4. The van der Waals surface area contributed by atoms with Crippen molar-refractivity contribution in [2.75, 3.05) is 6.16 Å². The van der Waals surface area contributed by atoms with E-state index in [1.807, 2.05) is 0 Å². The molecular formula is C23H49O3P. The molecule has 164 valence electrons. The van der Waals surface area contributed by atoms with Crippen molar-refractivity contribution in [1.82, 2.24) is 0 Å². The Bertz CT molecular complexity index is 357. The van der Waals surface area contributed by atoms with Gasteiger partial charge in [0.05, 0.1) is 0 Å². The van der Waals surface area contributed by atoms with Crippen LogP contribution in [-0.2, 0) is 4.57 Å². The molecule has 0 bridgehead atoms. The SMILES string of the molecule is CC(C)(C)CCCCCCCCCCCCCCCCCCCP(=O)(O)O. The molecule has 0 amide bonds. The van der Waals surface area contributed by atoms with Crippen LogP contribution in [0.4, 0.5) is 0 Å². The summed E-state index contributed by atoms with van der Waals surface area (Å²) in [5.41, 5.74) is 0.508. The third kappa shape index (κ3) is 26.1. The molecular weight excluding hydrogens is 355 g/mol. The molecule has 0 saturated heterocycles. The van der Waals surface area contributed by atoms with E-state index in [1.54, 1.807) is 0 Å². The first-order valence-electron chi connectivity index (χ1n) is 11.8. The van der Waals surface area contributed by atoms with Gasteiger partial charge in [0, 0.05) is 6.16 Å². The van der Waals surface area contributed by atoms with Crippen molar-refractivity contribution < 1.29 is 14.4 Å². The molecule has 0 aliphatic heterocycles. The van der Waals surface area contributed by atoms with Gasteiger partial charge in [0.1, 0.15) is 0 Å². The molecule has 0 spiro atoms. The molecule has 0 aromatic heterocycles. The van der Waals surface area contributed by atoms with Crippen LogP contribution in [0.3, 0.4) is 0 Å². The van der Waals surface area contributed by atoms with Gasteiger partial charge in [-0.1, -0.05) is 124 Å². The van der Waals surface area contributed by atoms with Crippen LogP contribution in [0, 0.1) is 5.41 Å². The number of unbranched alkanes of at least 4 members (excludes halogenated alkanes) is 16. The minimum Gasteiger partial charge on any atom is -0.324 e. The standard InChI is InChI=1S/C23H49O3P/c1-23(2,3)21-19-17-15-13-11-9-7-5-4-6-8-10-12-14-16-18-20-22-27(24,25)26/h4-22H2,1-3H3,(H2,24,25,26). The highest BCUT2D eigenvalue weighted by molar-refractivity contribution is 7.51. The van der Waals surface area contributed by atoms with Crippen LogP contribution >= 0.6 is 7.60 Å². The Morgan fingerprint density at radius 3 is 1.04 bits per heavy atom. The third-order valence-electron chi connectivity index (χ3n) is 5.38. The van der Waals surface area contributed by atoms with Gasteiger partial charge >= 0.3 is 7.60 Å². The molecule has 4 heteroatoms. The first-order chi connectivity index (χ1) is 12.7. The average Bonchev–Trinajstić information content (AvgIpc) is 2.55. The maximum atomic E-state index is 10.7. The van der Waals surface area contributed by atoms with Crippen LogP contribution in [0.15, 0.2) is 0 Å². The molecule has 0 unspecified atom stereocenters. The Balaban J connectivity index is 3.08. The monoisotopic (exact) mass is 404 g/mol. The summed E-state index contributed by atoms with van der Waals surface area (Å²) in [6, 6.07) is 0. The lowest BCUT2D eigenvalue weighted by molar-refractivity contribution is 0.356. The normalized spacial score (nSPS) is 12.6. The summed E-state index contributed by atoms with van der Waals surface area (Å²) in [4.78, 5) is 17.6. The van der Waals surface area contributed by atoms with Crippen molar-refractivity contribution >= 4 is 7.60 Å². The zero-order valence-corrected chi connectivity index (χ0v) is 19.6. The molecule has 2 N–H and O–H groups in total. The fraction of sp³-hybridized carbons (Fsp3) is 1.00. The van der Waals surface area contributed by atoms with E-state index >= 15 is 0 Å². The van der Waals surface area contributed by atoms with E-state index in [-0.39, 0.29) is 6.16 Å². The number of rotatable bonds is 19. The second kappa shape index (κ2) is 17.0. The highest BCUT2D eigenvalue weighted by Crippen LogP contribution is 2.35. The van der Waals surface area contributed by atoms with Gasteiger partial charge in [0.15, 0.2) is 0 Å². The largest absolute Gasteiger partial charge is 0.325 e. The highest BCUT2D eigenvalue weighted by Gasteiger charge is 2.11. The predicted molar refractivity (Wildman–Crippen MR) is 119 cm³/mol. The second-order valence-electron chi connectivity index (χ2n) is 9.71. The maximum Gasteiger partial charge on any atom is 0.325 e.